The van der Waals surface area contributed by atoms with Crippen LogP contribution in [0.5, 0.6) is 5.75 Å². The summed E-state index contributed by atoms with van der Waals surface area (Å²) in [6.07, 6.45) is 2.52. The summed E-state index contributed by atoms with van der Waals surface area (Å²) in [6, 6.07) is 4.26. The van der Waals surface area contributed by atoms with Crippen LogP contribution >= 0.6 is 0 Å². The topological polar surface area (TPSA) is 64.6 Å². The lowest BCUT2D eigenvalue weighted by molar-refractivity contribution is -0.143. The monoisotopic (exact) mass is 295 g/mol. The van der Waals surface area contributed by atoms with Gasteiger partial charge in [-0.2, -0.15) is 0 Å². The molecule has 21 heavy (non-hydrogen) atoms. The van der Waals surface area contributed by atoms with Crippen LogP contribution in [0.4, 0.5) is 4.39 Å². The van der Waals surface area contributed by atoms with E-state index in [2.05, 4.69) is 5.32 Å². The second-order valence-corrected chi connectivity index (χ2v) is 4.56. The van der Waals surface area contributed by atoms with E-state index in [1.807, 2.05) is 0 Å². The van der Waals surface area contributed by atoms with Crippen molar-refractivity contribution in [3.05, 3.63) is 35.7 Å². The van der Waals surface area contributed by atoms with E-state index in [1.165, 1.54) is 25.3 Å². The highest BCUT2D eigenvalue weighted by atomic mass is 19.1. The smallest absolute Gasteiger partial charge is 0.331 e. The molecule has 0 radical (unpaired) electrons. The quantitative estimate of drug-likeness (QED) is 0.643. The van der Waals surface area contributed by atoms with Crippen LogP contribution in [0, 0.1) is 5.82 Å². The number of halogens is 1. The molecule has 0 aromatic heterocycles. The number of benzene rings is 1. The molecule has 1 N–H and O–H groups in total. The highest BCUT2D eigenvalue weighted by Crippen LogP contribution is 2.18. The van der Waals surface area contributed by atoms with Gasteiger partial charge >= 0.3 is 5.97 Å². The number of carbonyl (C=O) groups is 2. The second-order valence-electron chi connectivity index (χ2n) is 4.56. The Kier molecular flexibility index (Phi) is 6.39. The molecule has 1 rings (SSSR count). The van der Waals surface area contributed by atoms with Crippen molar-refractivity contribution in [1.82, 2.24) is 5.32 Å². The first kappa shape index (κ1) is 16.7. The number of esters is 1. The zero-order chi connectivity index (χ0) is 15.8. The van der Waals surface area contributed by atoms with Crippen LogP contribution in [0.25, 0.3) is 6.08 Å². The lowest BCUT2D eigenvalue weighted by atomic mass is 10.2. The molecule has 0 aliphatic rings. The van der Waals surface area contributed by atoms with E-state index >= 15 is 0 Å². The van der Waals surface area contributed by atoms with Gasteiger partial charge in [-0.25, -0.2) is 9.18 Å². The Hall–Kier alpha value is -2.37. The van der Waals surface area contributed by atoms with E-state index in [0.717, 1.165) is 6.08 Å². The van der Waals surface area contributed by atoms with Crippen molar-refractivity contribution in [1.29, 1.82) is 0 Å². The van der Waals surface area contributed by atoms with Crippen molar-refractivity contribution in [3.8, 4) is 5.75 Å². The Labute approximate surface area is 122 Å². The predicted octanol–water partition coefficient (Wildman–Crippen LogP) is 1.92. The van der Waals surface area contributed by atoms with Crippen LogP contribution in [-0.2, 0) is 14.3 Å². The minimum Gasteiger partial charge on any atom is -0.494 e. The molecule has 1 aromatic carbocycles. The molecule has 1 aromatic rings. The Morgan fingerprint density at radius 3 is 2.67 bits per heavy atom. The molecule has 0 atom stereocenters. The van der Waals surface area contributed by atoms with Gasteiger partial charge in [-0.15, -0.1) is 0 Å². The minimum atomic E-state index is -0.676. The van der Waals surface area contributed by atoms with Gasteiger partial charge in [0.15, 0.2) is 18.2 Å². The van der Waals surface area contributed by atoms with Crippen molar-refractivity contribution in [2.75, 3.05) is 13.7 Å². The SMILES string of the molecule is COc1ccc(/C=C/C(=O)OCC(=O)NC(C)C)cc1F. The predicted molar refractivity (Wildman–Crippen MR) is 76.2 cm³/mol. The molecule has 0 fully saturated rings. The molecule has 0 saturated carbocycles. The van der Waals surface area contributed by atoms with Crippen LogP contribution in [0.3, 0.4) is 0 Å². The standard InChI is InChI=1S/C15H18FNO4/c1-10(2)17-14(18)9-21-15(19)7-5-11-4-6-13(20-3)12(16)8-11/h4-8,10H,9H2,1-3H3,(H,17,18)/b7-5+. The van der Waals surface area contributed by atoms with Crippen molar-refractivity contribution in [2.45, 2.75) is 19.9 Å². The van der Waals surface area contributed by atoms with Crippen LogP contribution in [-0.4, -0.2) is 31.6 Å². The fourth-order valence-electron chi connectivity index (χ4n) is 1.50. The largest absolute Gasteiger partial charge is 0.494 e. The molecule has 0 saturated heterocycles. The van der Waals surface area contributed by atoms with Gasteiger partial charge in [-0.1, -0.05) is 6.07 Å². The molecular weight excluding hydrogens is 277 g/mol. The number of hydrogen-bond acceptors (Lipinski definition) is 4. The molecule has 0 aliphatic carbocycles. The minimum absolute atomic E-state index is 0.0194. The van der Waals surface area contributed by atoms with E-state index in [9.17, 15) is 14.0 Å². The van der Waals surface area contributed by atoms with Crippen LogP contribution in [0.15, 0.2) is 24.3 Å². The highest BCUT2D eigenvalue weighted by Gasteiger charge is 2.06. The number of methoxy groups -OCH3 is 1. The van der Waals surface area contributed by atoms with Gasteiger partial charge in [0.05, 0.1) is 7.11 Å². The van der Waals surface area contributed by atoms with Crippen LogP contribution in [0.2, 0.25) is 0 Å². The number of carbonyl (C=O) groups excluding carboxylic acids is 2. The van der Waals surface area contributed by atoms with Crippen molar-refractivity contribution >= 4 is 18.0 Å². The van der Waals surface area contributed by atoms with Crippen molar-refractivity contribution < 1.29 is 23.5 Å². The number of amides is 1. The molecule has 0 unspecified atom stereocenters. The molecule has 0 aliphatic heterocycles. The Bertz CT molecular complexity index is 540. The number of ether oxygens (including phenoxy) is 2. The van der Waals surface area contributed by atoms with Gasteiger partial charge in [-0.3, -0.25) is 4.79 Å². The molecule has 5 nitrogen and oxygen atoms in total. The molecule has 0 spiro atoms. The molecular formula is C15H18FNO4. The van der Waals surface area contributed by atoms with E-state index < -0.39 is 11.8 Å². The summed E-state index contributed by atoms with van der Waals surface area (Å²) in [7, 11) is 1.37. The van der Waals surface area contributed by atoms with Gasteiger partial charge in [0, 0.05) is 12.1 Å². The fourth-order valence-corrected chi connectivity index (χ4v) is 1.50. The molecule has 114 valence electrons. The van der Waals surface area contributed by atoms with Crippen LogP contribution < -0.4 is 10.1 Å². The highest BCUT2D eigenvalue weighted by molar-refractivity contribution is 5.89. The Morgan fingerprint density at radius 1 is 1.38 bits per heavy atom. The summed E-state index contributed by atoms with van der Waals surface area (Å²) in [5.74, 6) is -1.45. The molecule has 0 bridgehead atoms. The fraction of sp³-hybridized carbons (Fsp3) is 0.333. The maximum Gasteiger partial charge on any atom is 0.331 e. The number of nitrogens with one attached hydrogen (secondary N) is 1. The maximum atomic E-state index is 13.4. The zero-order valence-electron chi connectivity index (χ0n) is 12.2. The average molecular weight is 295 g/mol. The Morgan fingerprint density at radius 2 is 2.10 bits per heavy atom. The van der Waals surface area contributed by atoms with Gasteiger partial charge < -0.3 is 14.8 Å². The van der Waals surface area contributed by atoms with E-state index in [1.54, 1.807) is 19.9 Å². The first-order valence-corrected chi connectivity index (χ1v) is 6.40. The summed E-state index contributed by atoms with van der Waals surface area (Å²) < 4.78 is 23.0. The third-order valence-corrected chi connectivity index (χ3v) is 2.38. The van der Waals surface area contributed by atoms with E-state index in [-0.39, 0.29) is 24.3 Å². The molecule has 0 heterocycles. The lowest BCUT2D eigenvalue weighted by Crippen LogP contribution is -2.33. The number of hydrogen-bond donors (Lipinski definition) is 1. The van der Waals surface area contributed by atoms with E-state index in [4.69, 9.17) is 9.47 Å². The summed E-state index contributed by atoms with van der Waals surface area (Å²) in [6.45, 7) is 3.26. The molecule has 6 heteroatoms. The summed E-state index contributed by atoms with van der Waals surface area (Å²) in [5, 5.41) is 2.59. The first-order chi connectivity index (χ1) is 9.92. The van der Waals surface area contributed by atoms with Gasteiger partial charge in [0.2, 0.25) is 0 Å². The van der Waals surface area contributed by atoms with Gasteiger partial charge in [-0.05, 0) is 37.6 Å². The van der Waals surface area contributed by atoms with Crippen molar-refractivity contribution in [2.24, 2.45) is 0 Å². The third kappa shape index (κ3) is 6.07. The third-order valence-electron chi connectivity index (χ3n) is 2.38. The van der Waals surface area contributed by atoms with Gasteiger partial charge in [0.25, 0.3) is 5.91 Å². The van der Waals surface area contributed by atoms with Crippen molar-refractivity contribution in [3.63, 3.8) is 0 Å². The number of rotatable bonds is 6. The maximum absolute atomic E-state index is 13.4. The van der Waals surface area contributed by atoms with E-state index in [0.29, 0.717) is 5.56 Å². The summed E-state index contributed by atoms with van der Waals surface area (Å²) in [5.41, 5.74) is 0.483. The van der Waals surface area contributed by atoms with Crippen LogP contribution in [0.1, 0.15) is 19.4 Å². The Balaban J connectivity index is 2.50. The summed E-state index contributed by atoms with van der Waals surface area (Å²) >= 11 is 0. The average Bonchev–Trinajstić information content (AvgIpc) is 2.42. The first-order valence-electron chi connectivity index (χ1n) is 6.40. The lowest BCUT2D eigenvalue weighted by Gasteiger charge is -2.07. The normalized spacial score (nSPS) is 10.7. The second kappa shape index (κ2) is 8.04. The summed E-state index contributed by atoms with van der Waals surface area (Å²) in [4.78, 5) is 22.7. The molecule has 1 amide bonds. The zero-order valence-corrected chi connectivity index (χ0v) is 12.2. The van der Waals surface area contributed by atoms with Gasteiger partial charge in [0.1, 0.15) is 0 Å².